The molecule has 6 heteroatoms. The molecule has 0 bridgehead atoms. The van der Waals surface area contributed by atoms with Crippen molar-refractivity contribution in [2.24, 2.45) is 7.05 Å². The summed E-state index contributed by atoms with van der Waals surface area (Å²) in [6, 6.07) is 3.89. The number of hydrogen-bond acceptors (Lipinski definition) is 5. The summed E-state index contributed by atoms with van der Waals surface area (Å²) >= 11 is 1.64. The van der Waals surface area contributed by atoms with Crippen LogP contribution in [-0.2, 0) is 7.05 Å². The molecule has 2 N–H and O–H groups in total. The molecule has 0 unspecified atom stereocenters. The van der Waals surface area contributed by atoms with Gasteiger partial charge in [-0.05, 0) is 31.5 Å². The predicted octanol–water partition coefficient (Wildman–Crippen LogP) is 2.80. The molecular weight excluding hydrogens is 270 g/mol. The van der Waals surface area contributed by atoms with E-state index in [2.05, 4.69) is 15.1 Å². The third kappa shape index (κ3) is 1.98. The molecule has 0 atom stereocenters. The Morgan fingerprint density at radius 1 is 1.20 bits per heavy atom. The standard InChI is InChI=1S/C14H15N5S/c1-8-13(20-9(2)17-8)12-11(14(15)19(3)18-12)10-4-6-16-7-5-10/h4-7H,15H2,1-3H3. The van der Waals surface area contributed by atoms with Gasteiger partial charge in [-0.15, -0.1) is 11.3 Å². The number of aryl methyl sites for hydroxylation is 3. The van der Waals surface area contributed by atoms with E-state index >= 15 is 0 Å². The number of nitrogens with zero attached hydrogens (tertiary/aromatic N) is 4. The van der Waals surface area contributed by atoms with Crippen molar-refractivity contribution in [3.05, 3.63) is 35.2 Å². The van der Waals surface area contributed by atoms with E-state index in [9.17, 15) is 0 Å². The van der Waals surface area contributed by atoms with E-state index in [4.69, 9.17) is 5.73 Å². The largest absolute Gasteiger partial charge is 0.383 e. The molecule has 0 radical (unpaired) electrons. The Kier molecular flexibility index (Phi) is 3.02. The molecular formula is C14H15N5S. The lowest BCUT2D eigenvalue weighted by molar-refractivity contribution is 0.782. The minimum absolute atomic E-state index is 0.650. The van der Waals surface area contributed by atoms with Gasteiger partial charge in [0.1, 0.15) is 11.5 Å². The number of nitrogen functional groups attached to an aromatic ring is 1. The summed E-state index contributed by atoms with van der Waals surface area (Å²) in [5, 5.41) is 5.60. The normalized spacial score (nSPS) is 10.9. The third-order valence-electron chi connectivity index (χ3n) is 3.18. The molecule has 3 heterocycles. The molecule has 0 aliphatic heterocycles. The maximum absolute atomic E-state index is 6.19. The van der Waals surface area contributed by atoms with Crippen LogP contribution in [0, 0.1) is 13.8 Å². The van der Waals surface area contributed by atoms with Crippen molar-refractivity contribution in [1.29, 1.82) is 0 Å². The van der Waals surface area contributed by atoms with Gasteiger partial charge in [0.15, 0.2) is 0 Å². The highest BCUT2D eigenvalue weighted by Gasteiger charge is 2.20. The molecule has 3 aromatic heterocycles. The minimum atomic E-state index is 0.650. The number of anilines is 1. The fourth-order valence-corrected chi connectivity index (χ4v) is 3.16. The zero-order valence-corrected chi connectivity index (χ0v) is 12.4. The van der Waals surface area contributed by atoms with Crippen LogP contribution in [0.4, 0.5) is 5.82 Å². The Labute approximate surface area is 121 Å². The molecule has 0 aromatic carbocycles. The number of thiazole rings is 1. The monoisotopic (exact) mass is 285 g/mol. The summed E-state index contributed by atoms with van der Waals surface area (Å²) in [7, 11) is 1.85. The maximum Gasteiger partial charge on any atom is 0.129 e. The van der Waals surface area contributed by atoms with Gasteiger partial charge in [-0.2, -0.15) is 5.10 Å². The highest BCUT2D eigenvalue weighted by atomic mass is 32.1. The molecule has 0 fully saturated rings. The van der Waals surface area contributed by atoms with Crippen molar-refractivity contribution < 1.29 is 0 Å². The summed E-state index contributed by atoms with van der Waals surface area (Å²) in [6.45, 7) is 4.00. The molecule has 0 aliphatic carbocycles. The molecule has 0 amide bonds. The highest BCUT2D eigenvalue weighted by Crippen LogP contribution is 2.39. The lowest BCUT2D eigenvalue weighted by Gasteiger charge is -2.02. The second kappa shape index (κ2) is 4.72. The molecule has 0 saturated heterocycles. The fraction of sp³-hybridized carbons (Fsp3) is 0.214. The molecule has 20 heavy (non-hydrogen) atoms. The number of nitrogens with two attached hydrogens (primary N) is 1. The van der Waals surface area contributed by atoms with Crippen LogP contribution in [0.2, 0.25) is 0 Å². The Balaban J connectivity index is 2.28. The van der Waals surface area contributed by atoms with Gasteiger partial charge in [-0.25, -0.2) is 4.98 Å². The summed E-state index contributed by atoms with van der Waals surface area (Å²) < 4.78 is 1.71. The average Bonchev–Trinajstić information content (AvgIpc) is 2.91. The number of pyridine rings is 1. The summed E-state index contributed by atoms with van der Waals surface area (Å²) in [5.41, 5.74) is 10.0. The van der Waals surface area contributed by atoms with Crippen LogP contribution < -0.4 is 5.73 Å². The van der Waals surface area contributed by atoms with Crippen LogP contribution in [0.15, 0.2) is 24.5 Å². The van der Waals surface area contributed by atoms with E-state index < -0.39 is 0 Å². The lowest BCUT2D eigenvalue weighted by Crippen LogP contribution is -1.97. The first-order chi connectivity index (χ1) is 9.58. The number of rotatable bonds is 2. The number of hydrogen-bond donors (Lipinski definition) is 1. The van der Waals surface area contributed by atoms with Crippen molar-refractivity contribution in [3.63, 3.8) is 0 Å². The molecule has 3 aromatic rings. The topological polar surface area (TPSA) is 69.6 Å². The van der Waals surface area contributed by atoms with Crippen LogP contribution in [0.5, 0.6) is 0 Å². The quantitative estimate of drug-likeness (QED) is 0.786. The van der Waals surface area contributed by atoms with Crippen molar-refractivity contribution in [2.45, 2.75) is 13.8 Å². The minimum Gasteiger partial charge on any atom is -0.383 e. The van der Waals surface area contributed by atoms with E-state index in [1.807, 2.05) is 33.0 Å². The van der Waals surface area contributed by atoms with Gasteiger partial charge in [-0.3, -0.25) is 9.67 Å². The van der Waals surface area contributed by atoms with E-state index in [-0.39, 0.29) is 0 Å². The Bertz CT molecular complexity index is 757. The van der Waals surface area contributed by atoms with E-state index in [1.165, 1.54) is 0 Å². The molecule has 3 rings (SSSR count). The van der Waals surface area contributed by atoms with Crippen molar-refractivity contribution >= 4 is 17.2 Å². The Hall–Kier alpha value is -2.21. The van der Waals surface area contributed by atoms with Crippen LogP contribution in [-0.4, -0.2) is 19.7 Å². The predicted molar refractivity (Wildman–Crippen MR) is 81.4 cm³/mol. The zero-order valence-electron chi connectivity index (χ0n) is 11.6. The van der Waals surface area contributed by atoms with Gasteiger partial charge in [0, 0.05) is 19.4 Å². The van der Waals surface area contributed by atoms with Crippen LogP contribution in [0.1, 0.15) is 10.7 Å². The Morgan fingerprint density at radius 2 is 1.90 bits per heavy atom. The van der Waals surface area contributed by atoms with Crippen molar-refractivity contribution in [2.75, 3.05) is 5.73 Å². The van der Waals surface area contributed by atoms with Gasteiger partial charge in [-0.1, -0.05) is 0 Å². The zero-order chi connectivity index (χ0) is 14.3. The van der Waals surface area contributed by atoms with Gasteiger partial charge < -0.3 is 5.73 Å². The van der Waals surface area contributed by atoms with Gasteiger partial charge in [0.2, 0.25) is 0 Å². The summed E-state index contributed by atoms with van der Waals surface area (Å²) in [5.74, 6) is 0.650. The summed E-state index contributed by atoms with van der Waals surface area (Å²) in [4.78, 5) is 9.60. The highest BCUT2D eigenvalue weighted by molar-refractivity contribution is 7.15. The van der Waals surface area contributed by atoms with Crippen LogP contribution in [0.3, 0.4) is 0 Å². The molecule has 0 spiro atoms. The van der Waals surface area contributed by atoms with Gasteiger partial charge >= 0.3 is 0 Å². The lowest BCUT2D eigenvalue weighted by atomic mass is 10.1. The van der Waals surface area contributed by atoms with Crippen molar-refractivity contribution in [1.82, 2.24) is 19.7 Å². The van der Waals surface area contributed by atoms with E-state index in [1.54, 1.807) is 28.4 Å². The third-order valence-corrected chi connectivity index (χ3v) is 4.26. The first kappa shape index (κ1) is 12.8. The van der Waals surface area contributed by atoms with Gasteiger partial charge in [0.25, 0.3) is 0 Å². The average molecular weight is 285 g/mol. The van der Waals surface area contributed by atoms with E-state index in [0.717, 1.165) is 32.4 Å². The molecule has 0 saturated carbocycles. The van der Waals surface area contributed by atoms with E-state index in [0.29, 0.717) is 5.82 Å². The Morgan fingerprint density at radius 3 is 2.50 bits per heavy atom. The SMILES string of the molecule is Cc1nc(C)c(-c2nn(C)c(N)c2-c2ccncc2)s1. The van der Waals surface area contributed by atoms with Crippen LogP contribution in [0.25, 0.3) is 21.7 Å². The van der Waals surface area contributed by atoms with Crippen LogP contribution >= 0.6 is 11.3 Å². The maximum atomic E-state index is 6.19. The number of aromatic nitrogens is 4. The fourth-order valence-electron chi connectivity index (χ4n) is 2.25. The smallest absolute Gasteiger partial charge is 0.129 e. The van der Waals surface area contributed by atoms with Gasteiger partial charge in [0.05, 0.1) is 21.1 Å². The first-order valence-corrected chi connectivity index (χ1v) is 7.07. The second-order valence-corrected chi connectivity index (χ2v) is 5.82. The first-order valence-electron chi connectivity index (χ1n) is 6.25. The second-order valence-electron chi connectivity index (χ2n) is 4.62. The molecule has 5 nitrogen and oxygen atoms in total. The molecule has 0 aliphatic rings. The molecule has 102 valence electrons. The van der Waals surface area contributed by atoms with Crippen molar-refractivity contribution in [3.8, 4) is 21.7 Å². The summed E-state index contributed by atoms with van der Waals surface area (Å²) in [6.07, 6.45) is 3.52.